The molecule has 0 saturated heterocycles. The van der Waals surface area contributed by atoms with E-state index in [1.54, 1.807) is 66.7 Å². The van der Waals surface area contributed by atoms with Crippen molar-refractivity contribution in [2.75, 3.05) is 16.4 Å². The van der Waals surface area contributed by atoms with E-state index in [0.29, 0.717) is 27.5 Å². The first-order valence-corrected chi connectivity index (χ1v) is 14.5. The zero-order valence-corrected chi connectivity index (χ0v) is 24.3. The third-order valence-corrected chi connectivity index (χ3v) is 7.94. The van der Waals surface area contributed by atoms with Crippen LogP contribution in [0.2, 0.25) is 10.0 Å². The van der Waals surface area contributed by atoms with E-state index in [4.69, 9.17) is 23.2 Å². The summed E-state index contributed by atoms with van der Waals surface area (Å²) in [4.78, 5) is 42.8. The number of halogens is 2. The van der Waals surface area contributed by atoms with Gasteiger partial charge in [-0.15, -0.1) is 11.8 Å². The largest absolute Gasteiger partial charge is 0.361 e. The molecule has 4 aromatic carbocycles. The van der Waals surface area contributed by atoms with Gasteiger partial charge in [0.15, 0.2) is 0 Å². The number of aromatic amines is 1. The quantitative estimate of drug-likeness (QED) is 0.101. The summed E-state index contributed by atoms with van der Waals surface area (Å²) in [5.41, 5.74) is 2.96. The van der Waals surface area contributed by atoms with Crippen molar-refractivity contribution in [2.45, 2.75) is 4.90 Å². The Morgan fingerprint density at radius 3 is 2.43 bits per heavy atom. The van der Waals surface area contributed by atoms with Crippen LogP contribution in [0.15, 0.2) is 114 Å². The van der Waals surface area contributed by atoms with Crippen molar-refractivity contribution in [1.29, 1.82) is 0 Å². The highest BCUT2D eigenvalue weighted by Gasteiger charge is 2.17. The maximum absolute atomic E-state index is 13.4. The number of nitrogens with one attached hydrogen (secondary N) is 4. The Balaban J connectivity index is 1.27. The number of benzene rings is 4. The Hall–Kier alpha value is -4.50. The third-order valence-electron chi connectivity index (χ3n) is 6.11. The van der Waals surface area contributed by atoms with E-state index in [2.05, 4.69) is 20.9 Å². The van der Waals surface area contributed by atoms with Gasteiger partial charge in [-0.3, -0.25) is 14.4 Å². The lowest BCUT2D eigenvalue weighted by Crippen LogP contribution is -2.30. The highest BCUT2D eigenvalue weighted by atomic mass is 35.5. The number of thioether (sulfide) groups is 1. The minimum absolute atomic E-state index is 0.0236. The molecule has 0 unspecified atom stereocenters. The SMILES string of the molecule is O=C(CSc1cccc(NC(=O)/C(=C\c2cccc(Cl)c2Cl)NC(=O)c2ccccc2)c1)Nc1ccc2cc[nH]c2c1. The maximum atomic E-state index is 13.4. The van der Waals surface area contributed by atoms with Gasteiger partial charge in [-0.05, 0) is 71.6 Å². The molecule has 0 aliphatic heterocycles. The lowest BCUT2D eigenvalue weighted by atomic mass is 10.1. The smallest absolute Gasteiger partial charge is 0.272 e. The molecule has 4 N–H and O–H groups in total. The Kier molecular flexibility index (Phi) is 9.28. The van der Waals surface area contributed by atoms with Gasteiger partial charge in [0.05, 0.1) is 15.8 Å². The number of carbonyl (C=O) groups is 3. The van der Waals surface area contributed by atoms with Crippen LogP contribution < -0.4 is 16.0 Å². The van der Waals surface area contributed by atoms with Crippen molar-refractivity contribution >= 4 is 81.0 Å². The molecular formula is C32H24Cl2N4O3S. The van der Waals surface area contributed by atoms with Gasteiger partial charge < -0.3 is 20.9 Å². The average molecular weight is 616 g/mol. The van der Waals surface area contributed by atoms with Crippen LogP contribution in [-0.2, 0) is 9.59 Å². The Bertz CT molecular complexity index is 1800. The molecule has 0 aliphatic carbocycles. The molecule has 0 fully saturated rings. The minimum atomic E-state index is -0.560. The number of hydrogen-bond acceptors (Lipinski definition) is 4. The second kappa shape index (κ2) is 13.4. The van der Waals surface area contributed by atoms with E-state index >= 15 is 0 Å². The second-order valence-electron chi connectivity index (χ2n) is 9.12. The number of fused-ring (bicyclic) bond motifs is 1. The number of hydrogen-bond donors (Lipinski definition) is 4. The number of rotatable bonds is 9. The standard InChI is InChI=1S/C32H24Cl2N4O3S/c33-26-11-4-8-22(30(26)34)16-28(38-31(40)21-6-2-1-3-7-21)32(41)37-23-9-5-10-25(17-23)42-19-29(39)36-24-13-12-20-14-15-35-27(20)18-24/h1-18,35H,19H2,(H,36,39)(H,37,41)(H,38,40)/b28-16+. The van der Waals surface area contributed by atoms with Crippen molar-refractivity contribution in [3.05, 3.63) is 130 Å². The molecule has 210 valence electrons. The lowest BCUT2D eigenvalue weighted by molar-refractivity contribution is -0.114. The summed E-state index contributed by atoms with van der Waals surface area (Å²) in [6.07, 6.45) is 3.32. The molecule has 1 aromatic heterocycles. The van der Waals surface area contributed by atoms with Gasteiger partial charge in [0.2, 0.25) is 5.91 Å². The molecule has 0 atom stereocenters. The van der Waals surface area contributed by atoms with Crippen LogP contribution in [0.1, 0.15) is 15.9 Å². The predicted octanol–water partition coefficient (Wildman–Crippen LogP) is 7.62. The van der Waals surface area contributed by atoms with Crippen LogP contribution in [0.25, 0.3) is 17.0 Å². The molecule has 5 rings (SSSR count). The van der Waals surface area contributed by atoms with E-state index in [9.17, 15) is 14.4 Å². The molecule has 0 spiro atoms. The average Bonchev–Trinajstić information content (AvgIpc) is 3.46. The fourth-order valence-corrected chi connectivity index (χ4v) is 5.18. The van der Waals surface area contributed by atoms with E-state index in [-0.39, 0.29) is 22.4 Å². The summed E-state index contributed by atoms with van der Waals surface area (Å²) in [6.45, 7) is 0. The fourth-order valence-electron chi connectivity index (χ4n) is 4.06. The Morgan fingerprint density at radius 1 is 0.810 bits per heavy atom. The molecule has 1 heterocycles. The molecule has 5 aromatic rings. The van der Waals surface area contributed by atoms with Gasteiger partial charge >= 0.3 is 0 Å². The highest BCUT2D eigenvalue weighted by molar-refractivity contribution is 8.00. The molecule has 0 saturated carbocycles. The Labute approximate surface area is 256 Å². The lowest BCUT2D eigenvalue weighted by Gasteiger charge is -2.13. The summed E-state index contributed by atoms with van der Waals surface area (Å²) in [6, 6.07) is 28.3. The van der Waals surface area contributed by atoms with Crippen molar-refractivity contribution in [3.63, 3.8) is 0 Å². The summed E-state index contributed by atoms with van der Waals surface area (Å²) in [7, 11) is 0. The topological polar surface area (TPSA) is 103 Å². The van der Waals surface area contributed by atoms with Crippen molar-refractivity contribution in [3.8, 4) is 0 Å². The zero-order chi connectivity index (χ0) is 29.5. The van der Waals surface area contributed by atoms with Crippen molar-refractivity contribution in [2.24, 2.45) is 0 Å². The van der Waals surface area contributed by atoms with Gasteiger partial charge in [-0.2, -0.15) is 0 Å². The van der Waals surface area contributed by atoms with Gasteiger partial charge in [0, 0.05) is 33.5 Å². The molecule has 3 amide bonds. The van der Waals surface area contributed by atoms with Crippen LogP contribution in [0.5, 0.6) is 0 Å². The summed E-state index contributed by atoms with van der Waals surface area (Å²) in [5, 5.41) is 10.0. The van der Waals surface area contributed by atoms with E-state index in [1.807, 2.05) is 36.5 Å². The van der Waals surface area contributed by atoms with Crippen LogP contribution in [0.3, 0.4) is 0 Å². The third kappa shape index (κ3) is 7.41. The number of carbonyl (C=O) groups excluding carboxylic acids is 3. The number of H-pyrrole nitrogens is 1. The number of aromatic nitrogens is 1. The monoisotopic (exact) mass is 614 g/mol. The molecule has 0 radical (unpaired) electrons. The van der Waals surface area contributed by atoms with Crippen LogP contribution in [0.4, 0.5) is 11.4 Å². The van der Waals surface area contributed by atoms with Crippen LogP contribution in [0, 0.1) is 0 Å². The first kappa shape index (κ1) is 29.0. The molecule has 0 bridgehead atoms. The van der Waals surface area contributed by atoms with E-state index in [1.165, 1.54) is 17.8 Å². The predicted molar refractivity (Wildman–Crippen MR) is 171 cm³/mol. The molecule has 0 aliphatic rings. The normalized spacial score (nSPS) is 11.2. The summed E-state index contributed by atoms with van der Waals surface area (Å²) < 4.78 is 0. The van der Waals surface area contributed by atoms with Gasteiger partial charge in [0.25, 0.3) is 11.8 Å². The van der Waals surface area contributed by atoms with Gasteiger partial charge in [0.1, 0.15) is 5.70 Å². The molecular weight excluding hydrogens is 591 g/mol. The highest BCUT2D eigenvalue weighted by Crippen LogP contribution is 2.28. The zero-order valence-electron chi connectivity index (χ0n) is 22.0. The first-order chi connectivity index (χ1) is 20.4. The summed E-state index contributed by atoms with van der Waals surface area (Å²) in [5.74, 6) is -1.01. The van der Waals surface area contributed by atoms with Gasteiger partial charge in [-0.25, -0.2) is 0 Å². The van der Waals surface area contributed by atoms with Gasteiger partial charge in [-0.1, -0.05) is 65.7 Å². The fraction of sp³-hybridized carbons (Fsp3) is 0.0312. The van der Waals surface area contributed by atoms with E-state index in [0.717, 1.165) is 15.8 Å². The Morgan fingerprint density at radius 2 is 1.60 bits per heavy atom. The maximum Gasteiger partial charge on any atom is 0.272 e. The van der Waals surface area contributed by atoms with Crippen molar-refractivity contribution in [1.82, 2.24) is 10.3 Å². The minimum Gasteiger partial charge on any atom is -0.361 e. The molecule has 42 heavy (non-hydrogen) atoms. The van der Waals surface area contributed by atoms with Crippen LogP contribution in [-0.4, -0.2) is 28.5 Å². The molecule has 7 nitrogen and oxygen atoms in total. The number of amides is 3. The van der Waals surface area contributed by atoms with Crippen molar-refractivity contribution < 1.29 is 14.4 Å². The molecule has 10 heteroatoms. The van der Waals surface area contributed by atoms with E-state index < -0.39 is 11.8 Å². The van der Waals surface area contributed by atoms with Crippen LogP contribution >= 0.6 is 35.0 Å². The number of anilines is 2. The first-order valence-electron chi connectivity index (χ1n) is 12.8. The second-order valence-corrected chi connectivity index (χ2v) is 11.0. The summed E-state index contributed by atoms with van der Waals surface area (Å²) >= 11 is 13.8.